The number of rotatable bonds is 20. The van der Waals surface area contributed by atoms with Crippen LogP contribution in [0.25, 0.3) is 0 Å². The highest BCUT2D eigenvalue weighted by molar-refractivity contribution is 7.53. The lowest BCUT2D eigenvalue weighted by atomic mass is 10.1. The zero-order valence-corrected chi connectivity index (χ0v) is 23.9. The summed E-state index contributed by atoms with van der Waals surface area (Å²) in [7, 11) is -6.71. The number of unbranched alkanes of at least 4 members (excludes halogenated alkanes) is 5. The van der Waals surface area contributed by atoms with Gasteiger partial charge in [0.2, 0.25) is 0 Å². The van der Waals surface area contributed by atoms with E-state index in [1.807, 2.05) is 19.1 Å². The van der Waals surface area contributed by atoms with Crippen LogP contribution in [0.3, 0.4) is 0 Å². The van der Waals surface area contributed by atoms with Gasteiger partial charge in [-0.15, -0.1) is 0 Å². The number of hydrogen-bond donors (Lipinski definition) is 0. The molecule has 0 aromatic heterocycles. The van der Waals surface area contributed by atoms with Crippen LogP contribution in [0, 0.1) is 6.92 Å². The van der Waals surface area contributed by atoms with E-state index < -0.39 is 15.2 Å². The molecule has 0 aliphatic rings. The molecular weight excluding hydrogens is 474 g/mol. The van der Waals surface area contributed by atoms with E-state index in [2.05, 4.69) is 6.92 Å². The van der Waals surface area contributed by atoms with Crippen molar-refractivity contribution in [3.8, 4) is 5.75 Å². The SMILES string of the molecule is CCCCCCCCOc1c(CP(=O)(OCC)OCC)cc(C)cc1CP(=O)(OCC)OCC. The Hall–Kier alpha value is -0.680. The predicted octanol–water partition coefficient (Wildman–Crippen LogP) is 8.27. The zero-order valence-electron chi connectivity index (χ0n) is 22.1. The molecule has 7 nitrogen and oxygen atoms in total. The van der Waals surface area contributed by atoms with Crippen LogP contribution < -0.4 is 4.74 Å². The fourth-order valence-electron chi connectivity index (χ4n) is 3.87. The summed E-state index contributed by atoms with van der Waals surface area (Å²) in [6.45, 7) is 13.0. The quantitative estimate of drug-likeness (QED) is 0.126. The van der Waals surface area contributed by atoms with E-state index in [4.69, 9.17) is 22.8 Å². The van der Waals surface area contributed by atoms with Crippen molar-refractivity contribution < 1.29 is 32.0 Å². The van der Waals surface area contributed by atoms with Crippen LogP contribution in [0.15, 0.2) is 12.1 Å². The van der Waals surface area contributed by atoms with E-state index >= 15 is 0 Å². The maximum Gasteiger partial charge on any atom is 0.335 e. The van der Waals surface area contributed by atoms with Crippen molar-refractivity contribution in [3.05, 3.63) is 28.8 Å². The summed E-state index contributed by atoms with van der Waals surface area (Å²) in [6.07, 6.45) is 7.05. The molecule has 0 radical (unpaired) electrons. The molecule has 9 heteroatoms. The van der Waals surface area contributed by atoms with Crippen LogP contribution in [-0.4, -0.2) is 33.0 Å². The van der Waals surface area contributed by atoms with E-state index in [0.717, 1.165) is 29.5 Å². The van der Waals surface area contributed by atoms with Gasteiger partial charge in [-0.05, 0) is 41.0 Å². The summed E-state index contributed by atoms with van der Waals surface area (Å²) in [5.74, 6) is 0.582. The molecule has 1 rings (SSSR count). The lowest BCUT2D eigenvalue weighted by Gasteiger charge is -2.23. The first kappa shape index (κ1) is 31.4. The second-order valence-corrected chi connectivity index (χ2v) is 12.3. The van der Waals surface area contributed by atoms with Crippen molar-refractivity contribution in [2.24, 2.45) is 0 Å². The molecular formula is C25H46O7P2. The molecule has 0 bridgehead atoms. The summed E-state index contributed by atoms with van der Waals surface area (Å²) in [4.78, 5) is 0. The van der Waals surface area contributed by atoms with E-state index in [0.29, 0.717) is 12.4 Å². The minimum Gasteiger partial charge on any atom is -0.493 e. The maximum atomic E-state index is 13.3. The van der Waals surface area contributed by atoms with Crippen LogP contribution in [0.2, 0.25) is 0 Å². The summed E-state index contributed by atoms with van der Waals surface area (Å²) < 4.78 is 55.1. The lowest BCUT2D eigenvalue weighted by molar-refractivity contribution is 0.218. The van der Waals surface area contributed by atoms with Crippen molar-refractivity contribution in [1.29, 1.82) is 0 Å². The highest BCUT2D eigenvalue weighted by Crippen LogP contribution is 2.56. The molecule has 0 heterocycles. The standard InChI is InChI=1S/C25H46O7P2/c1-7-12-13-14-15-16-17-28-25-23(20-33(26,29-8-2)30-9-3)18-22(6)19-24(25)21-34(27,31-10-4)32-11-5/h18-19H,7-17,20-21H2,1-6H3. The molecule has 0 saturated carbocycles. The second kappa shape index (κ2) is 16.9. The van der Waals surface area contributed by atoms with Crippen LogP contribution in [0.4, 0.5) is 0 Å². The fraction of sp³-hybridized carbons (Fsp3) is 0.760. The van der Waals surface area contributed by atoms with Crippen LogP contribution in [-0.2, 0) is 39.5 Å². The predicted molar refractivity (Wildman–Crippen MR) is 139 cm³/mol. The topological polar surface area (TPSA) is 80.3 Å². The smallest absolute Gasteiger partial charge is 0.335 e. The van der Waals surface area contributed by atoms with Gasteiger partial charge in [-0.3, -0.25) is 9.13 Å². The molecule has 0 aliphatic heterocycles. The highest BCUT2D eigenvalue weighted by Gasteiger charge is 2.30. The van der Waals surface area contributed by atoms with E-state index in [1.54, 1.807) is 27.7 Å². The monoisotopic (exact) mass is 520 g/mol. The molecule has 0 atom stereocenters. The van der Waals surface area contributed by atoms with E-state index in [9.17, 15) is 9.13 Å². The number of hydrogen-bond acceptors (Lipinski definition) is 7. The van der Waals surface area contributed by atoms with Crippen molar-refractivity contribution in [2.75, 3.05) is 33.0 Å². The molecule has 1 aromatic rings. The van der Waals surface area contributed by atoms with Crippen molar-refractivity contribution in [3.63, 3.8) is 0 Å². The zero-order chi connectivity index (χ0) is 25.5. The first-order chi connectivity index (χ1) is 16.3. The molecule has 198 valence electrons. The van der Waals surface area contributed by atoms with Gasteiger partial charge in [-0.2, -0.15) is 0 Å². The van der Waals surface area contributed by atoms with Crippen LogP contribution in [0.5, 0.6) is 5.75 Å². The Morgan fingerprint density at radius 3 is 1.47 bits per heavy atom. The van der Waals surface area contributed by atoms with Gasteiger partial charge in [0.1, 0.15) is 5.75 Å². The Labute approximate surface area is 207 Å². The van der Waals surface area contributed by atoms with Gasteiger partial charge in [-0.1, -0.05) is 56.7 Å². The van der Waals surface area contributed by atoms with Crippen LogP contribution in [0.1, 0.15) is 89.8 Å². The minimum atomic E-state index is -3.35. The third kappa shape index (κ3) is 11.4. The molecule has 0 N–H and O–H groups in total. The highest BCUT2D eigenvalue weighted by atomic mass is 31.2. The van der Waals surface area contributed by atoms with Gasteiger partial charge in [0.15, 0.2) is 0 Å². The van der Waals surface area contributed by atoms with E-state index in [-0.39, 0.29) is 38.8 Å². The van der Waals surface area contributed by atoms with E-state index in [1.165, 1.54) is 25.7 Å². The Morgan fingerprint density at radius 1 is 0.647 bits per heavy atom. The first-order valence-electron chi connectivity index (χ1n) is 12.8. The molecule has 0 amide bonds. The Kier molecular flexibility index (Phi) is 15.6. The normalized spacial score (nSPS) is 12.3. The van der Waals surface area contributed by atoms with Gasteiger partial charge in [0.25, 0.3) is 0 Å². The summed E-state index contributed by atoms with van der Waals surface area (Å²) in [5, 5.41) is 0. The second-order valence-electron chi connectivity index (χ2n) is 8.24. The van der Waals surface area contributed by atoms with Crippen molar-refractivity contribution in [2.45, 2.75) is 92.4 Å². The van der Waals surface area contributed by atoms with Crippen molar-refractivity contribution >= 4 is 15.2 Å². The molecule has 0 saturated heterocycles. The molecule has 34 heavy (non-hydrogen) atoms. The fourth-order valence-corrected chi connectivity index (χ4v) is 7.26. The molecule has 0 spiro atoms. The third-order valence-corrected chi connectivity index (χ3v) is 9.22. The molecule has 1 aromatic carbocycles. The average molecular weight is 521 g/mol. The minimum absolute atomic E-state index is 0.0861. The van der Waals surface area contributed by atoms with Gasteiger partial charge < -0.3 is 22.8 Å². The van der Waals surface area contributed by atoms with Gasteiger partial charge in [0.05, 0.1) is 45.4 Å². The maximum absolute atomic E-state index is 13.3. The van der Waals surface area contributed by atoms with Crippen LogP contribution >= 0.6 is 15.2 Å². The van der Waals surface area contributed by atoms with Gasteiger partial charge >= 0.3 is 15.2 Å². The largest absolute Gasteiger partial charge is 0.493 e. The molecule has 0 fully saturated rings. The number of benzene rings is 1. The third-order valence-electron chi connectivity index (χ3n) is 5.16. The van der Waals surface area contributed by atoms with Gasteiger partial charge in [-0.25, -0.2) is 0 Å². The lowest BCUT2D eigenvalue weighted by Crippen LogP contribution is -2.08. The average Bonchev–Trinajstić information content (AvgIpc) is 2.75. The Bertz CT molecular complexity index is 724. The summed E-state index contributed by atoms with van der Waals surface area (Å²) in [5.41, 5.74) is 2.40. The van der Waals surface area contributed by atoms with Gasteiger partial charge in [0, 0.05) is 11.1 Å². The Morgan fingerprint density at radius 2 is 1.06 bits per heavy atom. The first-order valence-corrected chi connectivity index (χ1v) is 16.2. The molecule has 0 aliphatic carbocycles. The number of ether oxygens (including phenoxy) is 1. The Balaban J connectivity index is 3.26. The number of aryl methyl sites for hydroxylation is 1. The van der Waals surface area contributed by atoms with Crippen molar-refractivity contribution in [1.82, 2.24) is 0 Å². The summed E-state index contributed by atoms with van der Waals surface area (Å²) in [6, 6.07) is 3.88. The molecule has 0 unspecified atom stereocenters. The summed E-state index contributed by atoms with van der Waals surface area (Å²) >= 11 is 0.